The molecule has 0 N–H and O–H groups in total. The third kappa shape index (κ3) is 6.50. The summed E-state index contributed by atoms with van der Waals surface area (Å²) in [4.78, 5) is 1.43. The molecule has 3 unspecified atom stereocenters. The largest absolute Gasteiger partial charge is 0.370 e. The summed E-state index contributed by atoms with van der Waals surface area (Å²) < 4.78 is 5.06. The SMILES string of the molecule is C#CC(/C=C\C=C/CC)c1cccc[n+]1C1(CC)[n+]2ccc(C)cc2-c2cc(-c3cccc(S(C)(C)C)c3)ccc2C1(C)CC.CC. The molecule has 0 radical (unpaired) electrons. The number of pyridine rings is 2. The highest BCUT2D eigenvalue weighted by Crippen LogP contribution is 2.50. The molecule has 0 saturated carbocycles. The summed E-state index contributed by atoms with van der Waals surface area (Å²) in [6, 6.07) is 27.5. The molecule has 4 aromatic rings. The number of benzene rings is 2. The second-order valence-electron chi connectivity index (χ2n) is 13.3. The van der Waals surface area contributed by atoms with E-state index in [1.165, 1.54) is 38.4 Å². The average molecular weight is 645 g/mol. The minimum absolute atomic E-state index is 0.160. The highest BCUT2D eigenvalue weighted by Gasteiger charge is 2.67. The molecule has 0 amide bonds. The Morgan fingerprint density at radius 3 is 2.23 bits per heavy atom. The lowest BCUT2D eigenvalue weighted by molar-refractivity contribution is -1.00. The van der Waals surface area contributed by atoms with Crippen molar-refractivity contribution in [1.29, 1.82) is 0 Å². The molecule has 0 saturated heterocycles. The quantitative estimate of drug-likeness (QED) is 0.0973. The first-order valence-electron chi connectivity index (χ1n) is 17.3. The van der Waals surface area contributed by atoms with E-state index in [1.807, 2.05) is 13.8 Å². The van der Waals surface area contributed by atoms with Gasteiger partial charge in [-0.3, -0.25) is 0 Å². The van der Waals surface area contributed by atoms with E-state index < -0.39 is 15.7 Å². The van der Waals surface area contributed by atoms with Crippen molar-refractivity contribution in [3.05, 3.63) is 126 Å². The maximum Gasteiger partial charge on any atom is 0.370 e. The van der Waals surface area contributed by atoms with E-state index in [0.717, 1.165) is 25.0 Å². The highest BCUT2D eigenvalue weighted by atomic mass is 32.3. The van der Waals surface area contributed by atoms with Crippen LogP contribution in [0.3, 0.4) is 0 Å². The molecule has 2 aromatic heterocycles. The van der Waals surface area contributed by atoms with Crippen LogP contribution in [0.2, 0.25) is 0 Å². The Morgan fingerprint density at radius 2 is 1.57 bits per heavy atom. The van der Waals surface area contributed by atoms with E-state index in [0.29, 0.717) is 0 Å². The van der Waals surface area contributed by atoms with Crippen LogP contribution in [0.25, 0.3) is 22.4 Å². The molecule has 0 spiro atoms. The first kappa shape index (κ1) is 36.0. The van der Waals surface area contributed by atoms with Gasteiger partial charge in [0.05, 0.1) is 12.0 Å². The molecule has 5 rings (SSSR count). The fraction of sp³-hybridized carbons (Fsp3) is 0.364. The fourth-order valence-corrected chi connectivity index (χ4v) is 8.32. The number of fused-ring (bicyclic) bond motifs is 3. The number of hydrogen-bond acceptors (Lipinski definition) is 0. The normalized spacial score (nSPS) is 19.8. The Bertz CT molecular complexity index is 1800. The molecule has 3 heteroatoms. The van der Waals surface area contributed by atoms with Crippen LogP contribution in [0.4, 0.5) is 0 Å². The van der Waals surface area contributed by atoms with E-state index in [-0.39, 0.29) is 11.3 Å². The van der Waals surface area contributed by atoms with E-state index in [9.17, 15) is 0 Å². The first-order valence-corrected chi connectivity index (χ1v) is 20.2. The second-order valence-corrected chi connectivity index (χ2v) is 17.4. The van der Waals surface area contributed by atoms with Crippen molar-refractivity contribution in [1.82, 2.24) is 0 Å². The summed E-state index contributed by atoms with van der Waals surface area (Å²) in [7, 11) is -0.829. The summed E-state index contributed by atoms with van der Waals surface area (Å²) >= 11 is 0. The van der Waals surface area contributed by atoms with Crippen LogP contribution in [0, 0.1) is 19.3 Å². The van der Waals surface area contributed by atoms with Gasteiger partial charge in [-0.15, -0.1) is 15.6 Å². The molecule has 246 valence electrons. The zero-order valence-electron chi connectivity index (χ0n) is 30.5. The van der Waals surface area contributed by atoms with Crippen LogP contribution in [-0.4, -0.2) is 18.8 Å². The van der Waals surface area contributed by atoms with Crippen LogP contribution < -0.4 is 9.13 Å². The maximum absolute atomic E-state index is 6.26. The van der Waals surface area contributed by atoms with Gasteiger partial charge in [-0.1, -0.05) is 101 Å². The molecule has 47 heavy (non-hydrogen) atoms. The van der Waals surface area contributed by atoms with Gasteiger partial charge in [0.1, 0.15) is 11.3 Å². The van der Waals surface area contributed by atoms with Gasteiger partial charge in [0.15, 0.2) is 12.4 Å². The van der Waals surface area contributed by atoms with E-state index >= 15 is 0 Å². The van der Waals surface area contributed by atoms with Gasteiger partial charge in [-0.2, -0.15) is 0 Å². The summed E-state index contributed by atoms with van der Waals surface area (Å²) in [6.45, 7) is 15.5. The average Bonchev–Trinajstić information content (AvgIpc) is 3.09. The van der Waals surface area contributed by atoms with Crippen molar-refractivity contribution in [2.24, 2.45) is 0 Å². The van der Waals surface area contributed by atoms with Crippen LogP contribution in [-0.2, 0) is 11.1 Å². The third-order valence-electron chi connectivity index (χ3n) is 9.93. The number of aromatic nitrogens is 2. The third-order valence-corrected chi connectivity index (χ3v) is 11.6. The molecule has 0 fully saturated rings. The Kier molecular flexibility index (Phi) is 11.4. The van der Waals surface area contributed by atoms with Crippen molar-refractivity contribution >= 4 is 10.0 Å². The smallest absolute Gasteiger partial charge is 0.223 e. The lowest BCUT2D eigenvalue weighted by Crippen LogP contribution is -2.83. The Labute approximate surface area is 287 Å². The summed E-state index contributed by atoms with van der Waals surface area (Å²) in [6.07, 6.45) is 29.3. The fourth-order valence-electron chi connectivity index (χ4n) is 7.35. The zero-order chi connectivity index (χ0) is 34.4. The molecular weight excluding hydrogens is 589 g/mol. The van der Waals surface area contributed by atoms with Crippen molar-refractivity contribution in [3.8, 4) is 34.7 Å². The van der Waals surface area contributed by atoms with E-state index in [1.54, 1.807) is 0 Å². The van der Waals surface area contributed by atoms with Crippen molar-refractivity contribution in [2.75, 3.05) is 18.8 Å². The van der Waals surface area contributed by atoms with Gasteiger partial charge < -0.3 is 0 Å². The van der Waals surface area contributed by atoms with Crippen LogP contribution in [0.15, 0.2) is 114 Å². The van der Waals surface area contributed by atoms with Gasteiger partial charge in [0.2, 0.25) is 11.4 Å². The van der Waals surface area contributed by atoms with Gasteiger partial charge in [-0.25, -0.2) is 10.0 Å². The lowest BCUT2D eigenvalue weighted by atomic mass is 9.63. The number of aryl methyl sites for hydroxylation is 1. The van der Waals surface area contributed by atoms with Crippen molar-refractivity contribution in [2.45, 2.75) is 89.6 Å². The highest BCUT2D eigenvalue weighted by molar-refractivity contribution is 8.32. The molecule has 3 heterocycles. The van der Waals surface area contributed by atoms with Crippen LogP contribution >= 0.6 is 10.0 Å². The lowest BCUT2D eigenvalue weighted by Gasteiger charge is -2.44. The van der Waals surface area contributed by atoms with E-state index in [4.69, 9.17) is 6.42 Å². The molecule has 2 aromatic carbocycles. The Hall–Kier alpha value is -3.87. The predicted molar refractivity (Wildman–Crippen MR) is 205 cm³/mol. The number of terminal acetylenes is 1. The number of rotatable bonds is 9. The topological polar surface area (TPSA) is 7.76 Å². The minimum atomic E-state index is -0.829. The summed E-state index contributed by atoms with van der Waals surface area (Å²) in [5, 5.41) is 0. The zero-order valence-corrected chi connectivity index (χ0v) is 31.3. The summed E-state index contributed by atoms with van der Waals surface area (Å²) in [5.74, 6) is 2.95. The Balaban J connectivity index is 0.00000245. The maximum atomic E-state index is 6.26. The van der Waals surface area contributed by atoms with Crippen LogP contribution in [0.1, 0.15) is 83.5 Å². The minimum Gasteiger partial charge on any atom is -0.223 e. The van der Waals surface area contributed by atoms with Gasteiger partial charge in [-0.05, 0) is 84.7 Å². The standard InChI is InChI=1S/C42H50N2S.C2H6/c1-10-14-15-16-20-33(11-2)39-23-17-18-27-43(39)42(13-4)41(6,12-3)38-25-24-35(34-21-19-22-36(30-34)45(7,8)9)31-37(38)40-29-32(5)26-28-44(40)42;1-2/h2,14-31,33H,10,12-13H2,1,3-9H3;1-2H3/q+2;/b15-14-,20-16-;. The van der Waals surface area contributed by atoms with Gasteiger partial charge in [0, 0.05) is 24.3 Å². The van der Waals surface area contributed by atoms with Crippen molar-refractivity contribution < 1.29 is 9.13 Å². The van der Waals surface area contributed by atoms with Gasteiger partial charge in [0.25, 0.3) is 0 Å². The molecule has 3 atom stereocenters. The number of nitrogens with zero attached hydrogens (tertiary/aromatic N) is 2. The van der Waals surface area contributed by atoms with Gasteiger partial charge >= 0.3 is 5.66 Å². The molecule has 0 aliphatic carbocycles. The Morgan fingerprint density at radius 1 is 0.830 bits per heavy atom. The first-order chi connectivity index (χ1) is 22.5. The van der Waals surface area contributed by atoms with Crippen molar-refractivity contribution in [3.63, 3.8) is 0 Å². The monoisotopic (exact) mass is 644 g/mol. The summed E-state index contributed by atoms with van der Waals surface area (Å²) in [5.41, 5.74) is 8.23. The number of hydrogen-bond donors (Lipinski definition) is 0. The predicted octanol–water partition coefficient (Wildman–Crippen LogP) is 10.5. The number of allylic oxidation sites excluding steroid dienone is 4. The second kappa shape index (κ2) is 14.9. The molecule has 1 aliphatic rings. The van der Waals surface area contributed by atoms with Crippen LogP contribution in [0.5, 0.6) is 0 Å². The molecule has 1 aliphatic heterocycles. The molecule has 2 nitrogen and oxygen atoms in total. The molecule has 0 bridgehead atoms. The van der Waals surface area contributed by atoms with E-state index in [2.05, 4.69) is 178 Å². The molecular formula is C44H56N2S+2.